The third-order valence-corrected chi connectivity index (χ3v) is 3.31. The van der Waals surface area contributed by atoms with Gasteiger partial charge in [0.05, 0.1) is 42.3 Å². The minimum Gasteiger partial charge on any atom is -0.394 e. The number of benzene rings is 1. The van der Waals surface area contributed by atoms with Crippen molar-refractivity contribution in [1.82, 2.24) is 4.98 Å². The number of aromatic nitrogens is 1. The van der Waals surface area contributed by atoms with Crippen LogP contribution < -0.4 is 10.6 Å². The number of aliphatic hydroxyl groups is 1. The molecule has 0 saturated carbocycles. The molecule has 128 valence electrons. The van der Waals surface area contributed by atoms with E-state index in [2.05, 4.69) is 15.6 Å². The standard InChI is InChI=1S/C16H17ClFN3O3/c17-12-2-1-3-13(18)15(12)16(23)21-11-4-5-14(20-10-11)19-6-8-24-9-7-22/h1-5,10,22H,6-9H2,(H,19,20)(H,21,23). The summed E-state index contributed by atoms with van der Waals surface area (Å²) in [4.78, 5) is 16.2. The molecule has 2 rings (SSSR count). The number of carbonyl (C=O) groups is 1. The lowest BCUT2D eigenvalue weighted by atomic mass is 10.2. The first kappa shape index (κ1) is 18.1. The summed E-state index contributed by atoms with van der Waals surface area (Å²) in [5.41, 5.74) is 0.212. The van der Waals surface area contributed by atoms with Crippen LogP contribution >= 0.6 is 11.6 Å². The molecule has 0 aliphatic rings. The fraction of sp³-hybridized carbons (Fsp3) is 0.250. The molecule has 2 aromatic rings. The van der Waals surface area contributed by atoms with E-state index in [1.807, 2.05) is 0 Å². The van der Waals surface area contributed by atoms with Gasteiger partial charge in [0.1, 0.15) is 11.6 Å². The molecule has 0 fully saturated rings. The Kier molecular flexibility index (Phi) is 6.92. The second-order valence-corrected chi connectivity index (χ2v) is 5.15. The predicted molar refractivity (Wildman–Crippen MR) is 90.0 cm³/mol. The van der Waals surface area contributed by atoms with Crippen LogP contribution in [-0.2, 0) is 4.74 Å². The highest BCUT2D eigenvalue weighted by Crippen LogP contribution is 2.20. The Hall–Kier alpha value is -2.22. The van der Waals surface area contributed by atoms with Crippen molar-refractivity contribution in [2.75, 3.05) is 37.0 Å². The van der Waals surface area contributed by atoms with Gasteiger partial charge < -0.3 is 20.5 Å². The lowest BCUT2D eigenvalue weighted by molar-refractivity contribution is 0.0992. The zero-order valence-corrected chi connectivity index (χ0v) is 13.5. The first-order valence-electron chi connectivity index (χ1n) is 7.25. The second-order valence-electron chi connectivity index (χ2n) is 4.75. The van der Waals surface area contributed by atoms with E-state index in [-0.39, 0.29) is 17.2 Å². The molecular formula is C16H17ClFN3O3. The highest BCUT2D eigenvalue weighted by molar-refractivity contribution is 6.34. The van der Waals surface area contributed by atoms with Gasteiger partial charge in [-0.15, -0.1) is 0 Å². The molecule has 1 amide bonds. The Balaban J connectivity index is 1.90. The maximum Gasteiger partial charge on any atom is 0.260 e. The second kappa shape index (κ2) is 9.17. The number of carbonyl (C=O) groups excluding carboxylic acids is 1. The molecule has 1 aromatic heterocycles. The van der Waals surface area contributed by atoms with Crippen LogP contribution in [0.4, 0.5) is 15.9 Å². The monoisotopic (exact) mass is 353 g/mol. The Labute approximate surface area is 143 Å². The van der Waals surface area contributed by atoms with Gasteiger partial charge in [-0.05, 0) is 24.3 Å². The Bertz CT molecular complexity index is 663. The maximum absolute atomic E-state index is 13.7. The summed E-state index contributed by atoms with van der Waals surface area (Å²) in [7, 11) is 0. The van der Waals surface area contributed by atoms with Crippen molar-refractivity contribution in [1.29, 1.82) is 0 Å². The molecule has 0 spiro atoms. The van der Waals surface area contributed by atoms with Crippen LogP contribution in [-0.4, -0.2) is 42.4 Å². The van der Waals surface area contributed by atoms with Crippen LogP contribution in [0.15, 0.2) is 36.5 Å². The van der Waals surface area contributed by atoms with Crippen molar-refractivity contribution in [3.63, 3.8) is 0 Å². The van der Waals surface area contributed by atoms with Gasteiger partial charge in [0, 0.05) is 6.54 Å². The molecule has 0 aliphatic heterocycles. The van der Waals surface area contributed by atoms with E-state index in [0.717, 1.165) is 0 Å². The molecule has 0 unspecified atom stereocenters. The number of ether oxygens (including phenoxy) is 1. The molecule has 0 bridgehead atoms. The molecule has 0 aliphatic carbocycles. The number of pyridine rings is 1. The van der Waals surface area contributed by atoms with Gasteiger partial charge in [0.15, 0.2) is 0 Å². The lowest BCUT2D eigenvalue weighted by Gasteiger charge is -2.09. The zero-order chi connectivity index (χ0) is 17.4. The van der Waals surface area contributed by atoms with Crippen LogP contribution in [0.25, 0.3) is 0 Å². The van der Waals surface area contributed by atoms with E-state index in [0.29, 0.717) is 31.3 Å². The molecule has 1 aromatic carbocycles. The Morgan fingerprint density at radius 2 is 2.12 bits per heavy atom. The molecule has 24 heavy (non-hydrogen) atoms. The minimum absolute atomic E-state index is 0.0152. The number of hydrogen-bond donors (Lipinski definition) is 3. The normalized spacial score (nSPS) is 10.5. The number of nitrogens with zero attached hydrogens (tertiary/aromatic N) is 1. The lowest BCUT2D eigenvalue weighted by Crippen LogP contribution is -2.15. The topological polar surface area (TPSA) is 83.5 Å². The van der Waals surface area contributed by atoms with E-state index in [4.69, 9.17) is 21.4 Å². The molecule has 8 heteroatoms. The number of aliphatic hydroxyl groups excluding tert-OH is 1. The quantitative estimate of drug-likeness (QED) is 0.635. The van der Waals surface area contributed by atoms with E-state index >= 15 is 0 Å². The molecular weight excluding hydrogens is 337 g/mol. The van der Waals surface area contributed by atoms with Crippen molar-refractivity contribution < 1.29 is 19.0 Å². The van der Waals surface area contributed by atoms with Gasteiger partial charge >= 0.3 is 0 Å². The summed E-state index contributed by atoms with van der Waals surface area (Å²) in [5, 5.41) is 14.2. The minimum atomic E-state index is -0.686. The molecule has 1 heterocycles. The van der Waals surface area contributed by atoms with Crippen molar-refractivity contribution in [3.05, 3.63) is 52.9 Å². The van der Waals surface area contributed by atoms with Gasteiger partial charge in [-0.3, -0.25) is 4.79 Å². The van der Waals surface area contributed by atoms with Gasteiger partial charge in [-0.2, -0.15) is 0 Å². The molecule has 0 radical (unpaired) electrons. The summed E-state index contributed by atoms with van der Waals surface area (Å²) >= 11 is 5.86. The maximum atomic E-state index is 13.7. The molecule has 0 saturated heterocycles. The highest BCUT2D eigenvalue weighted by Gasteiger charge is 2.15. The third-order valence-electron chi connectivity index (χ3n) is 3.00. The number of hydrogen-bond acceptors (Lipinski definition) is 5. The van der Waals surface area contributed by atoms with Crippen LogP contribution in [0.2, 0.25) is 5.02 Å². The first-order chi connectivity index (χ1) is 11.6. The van der Waals surface area contributed by atoms with Crippen LogP contribution in [0.1, 0.15) is 10.4 Å². The molecule has 0 atom stereocenters. The van der Waals surface area contributed by atoms with Crippen molar-refractivity contribution in [2.24, 2.45) is 0 Å². The smallest absolute Gasteiger partial charge is 0.260 e. The summed E-state index contributed by atoms with van der Waals surface area (Å²) in [5.74, 6) is -0.725. The third kappa shape index (κ3) is 5.16. The van der Waals surface area contributed by atoms with Crippen LogP contribution in [0, 0.1) is 5.82 Å². The summed E-state index contributed by atoms with van der Waals surface area (Å²) in [6, 6.07) is 7.36. The van der Waals surface area contributed by atoms with E-state index < -0.39 is 11.7 Å². The van der Waals surface area contributed by atoms with Crippen LogP contribution in [0.3, 0.4) is 0 Å². The number of rotatable bonds is 8. The van der Waals surface area contributed by atoms with E-state index in [1.165, 1.54) is 24.4 Å². The van der Waals surface area contributed by atoms with Crippen molar-refractivity contribution in [2.45, 2.75) is 0 Å². The fourth-order valence-corrected chi connectivity index (χ4v) is 2.15. The van der Waals surface area contributed by atoms with Crippen LogP contribution in [0.5, 0.6) is 0 Å². The first-order valence-corrected chi connectivity index (χ1v) is 7.63. The van der Waals surface area contributed by atoms with Gasteiger partial charge in [0.2, 0.25) is 0 Å². The Morgan fingerprint density at radius 3 is 2.79 bits per heavy atom. The highest BCUT2D eigenvalue weighted by atomic mass is 35.5. The van der Waals surface area contributed by atoms with Gasteiger partial charge in [-0.25, -0.2) is 9.37 Å². The largest absolute Gasteiger partial charge is 0.394 e. The van der Waals surface area contributed by atoms with Gasteiger partial charge in [-0.1, -0.05) is 17.7 Å². The molecule has 6 nitrogen and oxygen atoms in total. The van der Waals surface area contributed by atoms with E-state index in [1.54, 1.807) is 12.1 Å². The number of nitrogens with one attached hydrogen (secondary N) is 2. The van der Waals surface area contributed by atoms with Crippen molar-refractivity contribution >= 4 is 29.0 Å². The average molecular weight is 354 g/mol. The predicted octanol–water partition coefficient (Wildman–Crippen LogP) is 2.55. The SMILES string of the molecule is O=C(Nc1ccc(NCCOCCO)nc1)c1c(F)cccc1Cl. The summed E-state index contributed by atoms with van der Waals surface area (Å²) in [6.45, 7) is 1.24. The average Bonchev–Trinajstić information content (AvgIpc) is 2.56. The summed E-state index contributed by atoms with van der Waals surface area (Å²) in [6.07, 6.45) is 1.45. The molecule has 3 N–H and O–H groups in total. The zero-order valence-electron chi connectivity index (χ0n) is 12.8. The summed E-state index contributed by atoms with van der Waals surface area (Å²) < 4.78 is 18.8. The van der Waals surface area contributed by atoms with E-state index in [9.17, 15) is 9.18 Å². The Morgan fingerprint density at radius 1 is 1.29 bits per heavy atom. The van der Waals surface area contributed by atoms with Crippen molar-refractivity contribution in [3.8, 4) is 0 Å². The number of amides is 1. The number of halogens is 2. The van der Waals surface area contributed by atoms with Gasteiger partial charge in [0.25, 0.3) is 5.91 Å². The number of anilines is 2. The fourth-order valence-electron chi connectivity index (χ4n) is 1.90.